The molecular weight excluding hydrogens is 1030 g/mol. The van der Waals surface area contributed by atoms with E-state index in [-0.39, 0.29) is 18.9 Å². The van der Waals surface area contributed by atoms with Gasteiger partial charge in [0.15, 0.2) is 12.6 Å². The molecule has 0 radical (unpaired) electrons. The maximum absolute atomic E-state index is 13.2. The van der Waals surface area contributed by atoms with Crippen LogP contribution >= 0.6 is 0 Å². The zero-order valence-corrected chi connectivity index (χ0v) is 50.8. The normalized spacial score (nSPS) is 24.6. The van der Waals surface area contributed by atoms with Gasteiger partial charge in [-0.1, -0.05) is 247 Å². The number of amides is 1. The topological polar surface area (TPSA) is 228 Å². The van der Waals surface area contributed by atoms with Gasteiger partial charge >= 0.3 is 0 Å². The van der Waals surface area contributed by atoms with E-state index < -0.39 is 86.8 Å². The number of aliphatic hydroxyl groups is 8. The number of rotatable bonds is 52. The first-order valence-corrected chi connectivity index (χ1v) is 32.7. The Morgan fingerprint density at radius 2 is 0.864 bits per heavy atom. The fraction of sp³-hybridized carbons (Fsp3) is 0.806. The quantitative estimate of drug-likeness (QED) is 0.0204. The molecule has 0 aromatic rings. The Bertz CT molecular complexity index is 1630. The van der Waals surface area contributed by atoms with Gasteiger partial charge in [-0.3, -0.25) is 4.79 Å². The molecule has 2 saturated heterocycles. The summed E-state index contributed by atoms with van der Waals surface area (Å²) in [4.78, 5) is 13.2. The fourth-order valence-electron chi connectivity index (χ4n) is 10.4. The molecule has 2 fully saturated rings. The number of hydrogen-bond donors (Lipinski definition) is 9. The highest BCUT2D eigenvalue weighted by Crippen LogP contribution is 2.30. The summed E-state index contributed by atoms with van der Waals surface area (Å²) in [6.45, 7) is 2.63. The third kappa shape index (κ3) is 36.8. The number of aliphatic hydroxyl groups excluding tert-OH is 8. The maximum atomic E-state index is 13.2. The van der Waals surface area contributed by atoms with Crippen LogP contribution in [0.25, 0.3) is 0 Å². The molecule has 81 heavy (non-hydrogen) atoms. The molecule has 2 heterocycles. The zero-order valence-electron chi connectivity index (χ0n) is 50.8. The van der Waals surface area contributed by atoms with E-state index in [9.17, 15) is 45.6 Å². The SMILES string of the molecule is CC/C=C\C/C=C\C/C=C\C/C=C\CCCCCCCCCCCCCCCCCCCCCCCCCCC(=O)NC(COC1OC(CO)C(OC2OC(CO)C(O)C(O)C2O)C(O)C1O)C(O)/C=C/CC/C=C/CCCCCC. The van der Waals surface area contributed by atoms with Crippen LogP contribution in [0, 0.1) is 0 Å². The molecule has 14 nitrogen and oxygen atoms in total. The zero-order chi connectivity index (χ0) is 58.8. The Morgan fingerprint density at radius 1 is 0.457 bits per heavy atom. The lowest BCUT2D eigenvalue weighted by atomic mass is 9.97. The van der Waals surface area contributed by atoms with Gasteiger partial charge in [-0.15, -0.1) is 0 Å². The van der Waals surface area contributed by atoms with Crippen molar-refractivity contribution in [2.75, 3.05) is 19.8 Å². The van der Waals surface area contributed by atoms with Gasteiger partial charge in [0.25, 0.3) is 0 Å². The van der Waals surface area contributed by atoms with Gasteiger partial charge in [0.2, 0.25) is 5.91 Å². The monoisotopic (exact) mass is 1150 g/mol. The average Bonchev–Trinajstić information content (AvgIpc) is 3.51. The maximum Gasteiger partial charge on any atom is 0.220 e. The Morgan fingerprint density at radius 3 is 1.36 bits per heavy atom. The molecule has 0 bridgehead atoms. The highest BCUT2D eigenvalue weighted by Gasteiger charge is 2.51. The summed E-state index contributed by atoms with van der Waals surface area (Å²) >= 11 is 0. The van der Waals surface area contributed by atoms with Crippen LogP contribution in [0.15, 0.2) is 72.9 Å². The molecule has 2 rings (SSSR count). The lowest BCUT2D eigenvalue weighted by molar-refractivity contribution is -0.359. The van der Waals surface area contributed by atoms with E-state index in [1.807, 2.05) is 6.08 Å². The molecule has 0 spiro atoms. The van der Waals surface area contributed by atoms with Crippen molar-refractivity contribution in [1.82, 2.24) is 5.32 Å². The minimum Gasteiger partial charge on any atom is -0.394 e. The molecule has 0 aromatic heterocycles. The van der Waals surface area contributed by atoms with E-state index in [1.165, 1.54) is 161 Å². The van der Waals surface area contributed by atoms with Crippen molar-refractivity contribution in [3.05, 3.63) is 72.9 Å². The van der Waals surface area contributed by atoms with E-state index >= 15 is 0 Å². The summed E-state index contributed by atoms with van der Waals surface area (Å²) < 4.78 is 22.7. The largest absolute Gasteiger partial charge is 0.394 e. The van der Waals surface area contributed by atoms with Gasteiger partial charge in [-0.2, -0.15) is 0 Å². The Labute approximate surface area is 491 Å². The minimum atomic E-state index is -1.79. The van der Waals surface area contributed by atoms with Crippen molar-refractivity contribution in [1.29, 1.82) is 0 Å². The highest BCUT2D eigenvalue weighted by molar-refractivity contribution is 5.76. The summed E-state index contributed by atoms with van der Waals surface area (Å²) in [5, 5.41) is 86.9. The van der Waals surface area contributed by atoms with Crippen LogP contribution in [0.2, 0.25) is 0 Å². The number of carbonyl (C=O) groups excluding carboxylic acids is 1. The molecule has 0 aliphatic carbocycles. The van der Waals surface area contributed by atoms with Crippen LogP contribution in [0.4, 0.5) is 0 Å². The number of ether oxygens (including phenoxy) is 4. The third-order valence-corrected chi connectivity index (χ3v) is 15.6. The van der Waals surface area contributed by atoms with Crippen molar-refractivity contribution in [2.24, 2.45) is 0 Å². The van der Waals surface area contributed by atoms with Crippen LogP contribution < -0.4 is 5.32 Å². The molecule has 12 atom stereocenters. The second kappa shape index (κ2) is 51.8. The molecular formula is C67H119NO13. The molecule has 470 valence electrons. The Balaban J connectivity index is 1.55. The van der Waals surface area contributed by atoms with Gasteiger partial charge in [0, 0.05) is 6.42 Å². The van der Waals surface area contributed by atoms with Crippen molar-refractivity contribution in [3.63, 3.8) is 0 Å². The van der Waals surface area contributed by atoms with Gasteiger partial charge < -0.3 is 65.1 Å². The standard InChI is InChI=1S/C67H119NO13/c1-3-5-7-9-11-13-15-16-17-18-19-20-21-22-23-24-25-26-27-28-29-30-31-32-33-34-35-36-37-38-39-40-41-43-45-47-49-51-59(72)68-55(56(71)50-48-46-44-42-14-12-10-8-6-4-2)54-78-66-64(77)62(75)65(58(53-70)80-66)81-67-63(76)61(74)60(73)57(52-69)79-67/h5,7,11,13-14,16-17,19-20,42,48,50,55-58,60-67,69-71,73-77H,3-4,6,8-10,12,15,18,21-41,43-47,49,51-54H2,1-2H3,(H,68,72)/b7-5-,13-11-,17-16-,20-19-,42-14+,50-48+. The van der Waals surface area contributed by atoms with E-state index in [2.05, 4.69) is 79.9 Å². The first-order valence-electron chi connectivity index (χ1n) is 32.7. The second-order valence-electron chi connectivity index (χ2n) is 22.9. The predicted molar refractivity (Wildman–Crippen MR) is 327 cm³/mol. The van der Waals surface area contributed by atoms with E-state index in [0.29, 0.717) is 12.8 Å². The first kappa shape index (κ1) is 74.5. The van der Waals surface area contributed by atoms with Crippen LogP contribution in [0.1, 0.15) is 251 Å². The Kier molecular flexibility index (Phi) is 47.7. The number of unbranched alkanes of at least 4 members (excludes halogenated alkanes) is 29. The van der Waals surface area contributed by atoms with Crippen molar-refractivity contribution in [3.8, 4) is 0 Å². The van der Waals surface area contributed by atoms with Gasteiger partial charge in [0.05, 0.1) is 32.0 Å². The van der Waals surface area contributed by atoms with Gasteiger partial charge in [0.1, 0.15) is 48.8 Å². The summed E-state index contributed by atoms with van der Waals surface area (Å²) in [6.07, 6.45) is 52.9. The molecule has 2 aliphatic rings. The van der Waals surface area contributed by atoms with E-state index in [0.717, 1.165) is 57.8 Å². The molecule has 14 heteroatoms. The lowest BCUT2D eigenvalue weighted by Gasteiger charge is -2.46. The molecule has 0 aromatic carbocycles. The molecule has 2 aliphatic heterocycles. The smallest absolute Gasteiger partial charge is 0.220 e. The average molecular weight is 1150 g/mol. The van der Waals surface area contributed by atoms with Crippen LogP contribution in [0.3, 0.4) is 0 Å². The van der Waals surface area contributed by atoms with Crippen LogP contribution in [-0.2, 0) is 23.7 Å². The minimum absolute atomic E-state index is 0.249. The predicted octanol–water partition coefficient (Wildman–Crippen LogP) is 12.3. The summed E-state index contributed by atoms with van der Waals surface area (Å²) in [7, 11) is 0. The Hall–Kier alpha value is -2.57. The highest BCUT2D eigenvalue weighted by atomic mass is 16.7. The molecule has 0 saturated carbocycles. The summed E-state index contributed by atoms with van der Waals surface area (Å²) in [6, 6.07) is -0.930. The molecule has 1 amide bonds. The van der Waals surface area contributed by atoms with Gasteiger partial charge in [-0.25, -0.2) is 0 Å². The van der Waals surface area contributed by atoms with Crippen LogP contribution in [-0.4, -0.2) is 140 Å². The third-order valence-electron chi connectivity index (χ3n) is 15.6. The van der Waals surface area contributed by atoms with Crippen LogP contribution in [0.5, 0.6) is 0 Å². The molecule has 9 N–H and O–H groups in total. The number of hydrogen-bond acceptors (Lipinski definition) is 13. The van der Waals surface area contributed by atoms with Crippen molar-refractivity contribution < 1.29 is 64.6 Å². The first-order chi connectivity index (χ1) is 39.6. The van der Waals surface area contributed by atoms with E-state index in [1.54, 1.807) is 6.08 Å². The fourth-order valence-corrected chi connectivity index (χ4v) is 10.4. The second-order valence-corrected chi connectivity index (χ2v) is 22.9. The summed E-state index contributed by atoms with van der Waals surface area (Å²) in [5.41, 5.74) is 0. The number of nitrogens with one attached hydrogen (secondary N) is 1. The van der Waals surface area contributed by atoms with Crippen molar-refractivity contribution >= 4 is 5.91 Å². The lowest BCUT2D eigenvalue weighted by Crippen LogP contribution is -2.65. The van der Waals surface area contributed by atoms with Crippen molar-refractivity contribution in [2.45, 2.75) is 325 Å². The van der Waals surface area contributed by atoms with E-state index in [4.69, 9.17) is 18.9 Å². The summed E-state index contributed by atoms with van der Waals surface area (Å²) in [5.74, 6) is -0.249. The molecule has 12 unspecified atom stereocenters. The van der Waals surface area contributed by atoms with Gasteiger partial charge in [-0.05, 0) is 70.6 Å². The number of allylic oxidation sites excluding steroid dienone is 11. The number of carbonyl (C=O) groups is 1.